The first-order valence-corrected chi connectivity index (χ1v) is 8.39. The number of carbonyl (C=O) groups is 1. The van der Waals surface area contributed by atoms with Crippen molar-refractivity contribution in [2.75, 3.05) is 11.9 Å². The van der Waals surface area contributed by atoms with Crippen LogP contribution >= 0.6 is 27.3 Å². The van der Waals surface area contributed by atoms with Crippen molar-refractivity contribution in [3.8, 4) is 11.3 Å². The summed E-state index contributed by atoms with van der Waals surface area (Å²) in [7, 11) is 0. The average molecular weight is 354 g/mol. The summed E-state index contributed by atoms with van der Waals surface area (Å²) in [5.74, 6) is -0.341. The van der Waals surface area contributed by atoms with Crippen LogP contribution < -0.4 is 0 Å². The second-order valence-corrected chi connectivity index (χ2v) is 6.19. The van der Waals surface area contributed by atoms with E-state index in [0.29, 0.717) is 11.6 Å². The number of benzene rings is 1. The molecule has 5 heteroatoms. The molecule has 0 N–H and O–H groups in total. The Morgan fingerprint density at radius 3 is 2.65 bits per heavy atom. The first-order valence-electron chi connectivity index (χ1n) is 6.45. The van der Waals surface area contributed by atoms with Gasteiger partial charge in [0.25, 0.3) is 0 Å². The maximum Gasteiger partial charge on any atom is 0.367 e. The van der Waals surface area contributed by atoms with Gasteiger partial charge in [0, 0.05) is 15.8 Å². The molecule has 0 saturated carbocycles. The number of hydrogen-bond donors (Lipinski definition) is 0. The number of rotatable bonds is 5. The predicted molar refractivity (Wildman–Crippen MR) is 85.7 cm³/mol. The Morgan fingerprint density at radius 2 is 2.05 bits per heavy atom. The number of hydrogen-bond acceptors (Lipinski definition) is 4. The minimum atomic E-state index is -0.341. The Balaban J connectivity index is 2.39. The molecule has 0 saturated heterocycles. The van der Waals surface area contributed by atoms with Gasteiger partial charge in [0.15, 0.2) is 0 Å². The number of halogens is 1. The van der Waals surface area contributed by atoms with Crippen molar-refractivity contribution >= 4 is 33.2 Å². The van der Waals surface area contributed by atoms with Crippen LogP contribution in [0.1, 0.15) is 27.2 Å². The molecule has 0 aliphatic rings. The van der Waals surface area contributed by atoms with Crippen LogP contribution in [0.2, 0.25) is 0 Å². The number of thiazole rings is 1. The Labute approximate surface area is 131 Å². The molecule has 1 aromatic carbocycles. The van der Waals surface area contributed by atoms with E-state index in [-0.39, 0.29) is 5.97 Å². The standard InChI is InChI=1S/C15H16BrNO2S/c1-3-19-15(18)14-17-13(12(20-14)8-9-16)11-6-4-10(2)5-7-11/h4-7H,3,8-9H2,1-2H3. The molecule has 1 heterocycles. The van der Waals surface area contributed by atoms with Crippen LogP contribution in [0.4, 0.5) is 0 Å². The second-order valence-electron chi connectivity index (χ2n) is 4.32. The summed E-state index contributed by atoms with van der Waals surface area (Å²) in [6, 6.07) is 8.18. The molecule has 3 nitrogen and oxygen atoms in total. The minimum Gasteiger partial charge on any atom is -0.461 e. The molecule has 0 amide bonds. The predicted octanol–water partition coefficient (Wildman–Crippen LogP) is 4.23. The van der Waals surface area contributed by atoms with Gasteiger partial charge in [0.1, 0.15) is 0 Å². The number of esters is 1. The largest absolute Gasteiger partial charge is 0.461 e. The number of carbonyl (C=O) groups excluding carboxylic acids is 1. The van der Waals surface area contributed by atoms with Gasteiger partial charge in [0.05, 0.1) is 12.3 Å². The van der Waals surface area contributed by atoms with E-state index in [1.165, 1.54) is 16.9 Å². The normalized spacial score (nSPS) is 10.6. The summed E-state index contributed by atoms with van der Waals surface area (Å²) >= 11 is 4.86. The van der Waals surface area contributed by atoms with E-state index in [0.717, 1.165) is 27.9 Å². The van der Waals surface area contributed by atoms with E-state index >= 15 is 0 Å². The topological polar surface area (TPSA) is 39.2 Å². The van der Waals surface area contributed by atoms with E-state index in [1.807, 2.05) is 19.1 Å². The third-order valence-electron chi connectivity index (χ3n) is 2.79. The molecule has 1 aromatic heterocycles. The fourth-order valence-corrected chi connectivity index (χ4v) is 3.46. The highest BCUT2D eigenvalue weighted by Crippen LogP contribution is 2.29. The molecule has 0 aliphatic heterocycles. The highest BCUT2D eigenvalue weighted by atomic mass is 79.9. The Bertz CT molecular complexity index is 592. The molecule has 0 unspecified atom stereocenters. The van der Waals surface area contributed by atoms with Crippen LogP contribution in [0.15, 0.2) is 24.3 Å². The van der Waals surface area contributed by atoms with Gasteiger partial charge in [-0.3, -0.25) is 0 Å². The zero-order chi connectivity index (χ0) is 14.5. The zero-order valence-electron chi connectivity index (χ0n) is 11.5. The molecule has 0 aliphatic carbocycles. The molecule has 0 atom stereocenters. The number of alkyl halides is 1. The van der Waals surface area contributed by atoms with Gasteiger partial charge < -0.3 is 4.74 Å². The van der Waals surface area contributed by atoms with Crippen molar-refractivity contribution < 1.29 is 9.53 Å². The fourth-order valence-electron chi connectivity index (χ4n) is 1.82. The maximum atomic E-state index is 11.8. The van der Waals surface area contributed by atoms with Crippen molar-refractivity contribution in [3.63, 3.8) is 0 Å². The molecular formula is C15H16BrNO2S. The summed E-state index contributed by atoms with van der Waals surface area (Å²) in [5.41, 5.74) is 3.13. The minimum absolute atomic E-state index is 0.341. The van der Waals surface area contributed by atoms with E-state index < -0.39 is 0 Å². The van der Waals surface area contributed by atoms with Gasteiger partial charge in [-0.25, -0.2) is 9.78 Å². The van der Waals surface area contributed by atoms with Gasteiger partial charge in [0.2, 0.25) is 5.01 Å². The summed E-state index contributed by atoms with van der Waals surface area (Å²) < 4.78 is 5.03. The zero-order valence-corrected chi connectivity index (χ0v) is 13.9. The first kappa shape index (κ1) is 15.2. The lowest BCUT2D eigenvalue weighted by atomic mass is 10.1. The Kier molecular flexibility index (Phi) is 5.31. The summed E-state index contributed by atoms with van der Waals surface area (Å²) in [4.78, 5) is 17.4. The van der Waals surface area contributed by atoms with E-state index in [2.05, 4.69) is 33.0 Å². The molecule has 2 rings (SSSR count). The number of aryl methyl sites for hydroxylation is 2. The van der Waals surface area contributed by atoms with Crippen molar-refractivity contribution in [3.05, 3.63) is 39.7 Å². The van der Waals surface area contributed by atoms with Gasteiger partial charge in [-0.1, -0.05) is 45.8 Å². The summed E-state index contributed by atoms with van der Waals surface area (Å²) in [6.45, 7) is 4.21. The number of ether oxygens (including phenoxy) is 1. The third-order valence-corrected chi connectivity index (χ3v) is 4.29. The van der Waals surface area contributed by atoms with Crippen molar-refractivity contribution in [2.45, 2.75) is 20.3 Å². The van der Waals surface area contributed by atoms with Crippen LogP contribution in [0.25, 0.3) is 11.3 Å². The maximum absolute atomic E-state index is 11.8. The molecular weight excluding hydrogens is 338 g/mol. The quantitative estimate of drug-likeness (QED) is 0.596. The number of aromatic nitrogens is 1. The highest BCUT2D eigenvalue weighted by Gasteiger charge is 2.18. The lowest BCUT2D eigenvalue weighted by Crippen LogP contribution is -2.03. The van der Waals surface area contributed by atoms with Gasteiger partial charge in [-0.05, 0) is 20.3 Å². The molecule has 0 bridgehead atoms. The smallest absolute Gasteiger partial charge is 0.367 e. The highest BCUT2D eigenvalue weighted by molar-refractivity contribution is 9.09. The van der Waals surface area contributed by atoms with E-state index in [1.54, 1.807) is 6.92 Å². The van der Waals surface area contributed by atoms with Crippen molar-refractivity contribution in [2.24, 2.45) is 0 Å². The summed E-state index contributed by atoms with van der Waals surface area (Å²) in [6.07, 6.45) is 0.848. The van der Waals surface area contributed by atoms with Gasteiger partial charge in [-0.15, -0.1) is 11.3 Å². The van der Waals surface area contributed by atoms with Crippen molar-refractivity contribution in [1.82, 2.24) is 4.98 Å². The molecule has 2 aromatic rings. The van der Waals surface area contributed by atoms with E-state index in [9.17, 15) is 4.79 Å². The first-order chi connectivity index (χ1) is 9.65. The fraction of sp³-hybridized carbons (Fsp3) is 0.333. The Morgan fingerprint density at radius 1 is 1.35 bits per heavy atom. The van der Waals surface area contributed by atoms with Crippen LogP contribution in [-0.2, 0) is 11.2 Å². The average Bonchev–Trinajstić information content (AvgIpc) is 2.84. The van der Waals surface area contributed by atoms with Crippen LogP contribution in [0.3, 0.4) is 0 Å². The lowest BCUT2D eigenvalue weighted by Gasteiger charge is -2.01. The lowest BCUT2D eigenvalue weighted by molar-refractivity contribution is 0.0526. The Hall–Kier alpha value is -1.20. The second kappa shape index (κ2) is 6.99. The van der Waals surface area contributed by atoms with Crippen molar-refractivity contribution in [1.29, 1.82) is 0 Å². The van der Waals surface area contributed by atoms with Gasteiger partial charge >= 0.3 is 5.97 Å². The monoisotopic (exact) mass is 353 g/mol. The SMILES string of the molecule is CCOC(=O)c1nc(-c2ccc(C)cc2)c(CCBr)s1. The molecule has 20 heavy (non-hydrogen) atoms. The van der Waals surface area contributed by atoms with Crippen LogP contribution in [0.5, 0.6) is 0 Å². The molecule has 0 radical (unpaired) electrons. The third kappa shape index (κ3) is 3.46. The molecule has 0 spiro atoms. The van der Waals surface area contributed by atoms with Gasteiger partial charge in [-0.2, -0.15) is 0 Å². The van der Waals surface area contributed by atoms with E-state index in [4.69, 9.17) is 4.74 Å². The van der Waals surface area contributed by atoms with Crippen LogP contribution in [0, 0.1) is 6.92 Å². The summed E-state index contributed by atoms with van der Waals surface area (Å²) in [5, 5.41) is 1.27. The van der Waals surface area contributed by atoms with Crippen LogP contribution in [-0.4, -0.2) is 22.9 Å². The molecule has 106 valence electrons. The molecule has 0 fully saturated rings. The number of nitrogens with zero attached hydrogens (tertiary/aromatic N) is 1.